The summed E-state index contributed by atoms with van der Waals surface area (Å²) in [6.07, 6.45) is -0.456. The lowest BCUT2D eigenvalue weighted by molar-refractivity contribution is -0.149. The van der Waals surface area contributed by atoms with Crippen LogP contribution in [0.2, 0.25) is 0 Å². The first-order valence-electron chi connectivity index (χ1n) is 7.19. The maximum absolute atomic E-state index is 12.1. The van der Waals surface area contributed by atoms with E-state index in [2.05, 4.69) is 0 Å². The van der Waals surface area contributed by atoms with Crippen LogP contribution in [-0.4, -0.2) is 42.6 Å². The Balaban J connectivity index is 2.31. The monoisotopic (exact) mass is 298 g/mol. The molecule has 0 N–H and O–H groups in total. The molecule has 2 rings (SSSR count). The summed E-state index contributed by atoms with van der Waals surface area (Å²) in [6, 6.07) is 0. The smallest absolute Gasteiger partial charge is 0.310 e. The molecule has 0 bridgehead atoms. The molecule has 1 saturated carbocycles. The van der Waals surface area contributed by atoms with Gasteiger partial charge in [0.05, 0.1) is 25.2 Å². The second-order valence-electron chi connectivity index (χ2n) is 6.10. The molecule has 0 radical (unpaired) electrons. The molecule has 1 heterocycles. The summed E-state index contributed by atoms with van der Waals surface area (Å²) in [5.41, 5.74) is -1.32. The Bertz CT molecular complexity index is 467. The molecule has 118 valence electrons. The van der Waals surface area contributed by atoms with E-state index in [1.165, 1.54) is 13.8 Å². The number of carbonyl (C=O) groups excluding carboxylic acids is 3. The van der Waals surface area contributed by atoms with Crippen molar-refractivity contribution in [3.8, 4) is 0 Å². The number of Topliss-reactive ketones (excluding diaryl/α,β-unsaturated/α-hetero) is 2. The Morgan fingerprint density at radius 1 is 1.19 bits per heavy atom. The summed E-state index contributed by atoms with van der Waals surface area (Å²) in [4.78, 5) is 36.3. The topological polar surface area (TPSA) is 78.9 Å². The average Bonchev–Trinajstić information content (AvgIpc) is 2.95. The highest BCUT2D eigenvalue weighted by Gasteiger charge is 2.77. The molecule has 21 heavy (non-hydrogen) atoms. The maximum atomic E-state index is 12.1. The Labute approximate surface area is 124 Å². The highest BCUT2D eigenvalue weighted by atomic mass is 16.7. The van der Waals surface area contributed by atoms with Crippen molar-refractivity contribution in [3.05, 3.63) is 0 Å². The molecule has 0 aromatic rings. The number of carbonyl (C=O) groups is 3. The number of esters is 1. The van der Waals surface area contributed by atoms with Crippen LogP contribution in [0.5, 0.6) is 0 Å². The summed E-state index contributed by atoms with van der Waals surface area (Å²) >= 11 is 0. The number of hydrogen-bond acceptors (Lipinski definition) is 6. The van der Waals surface area contributed by atoms with Crippen molar-refractivity contribution < 1.29 is 28.6 Å². The van der Waals surface area contributed by atoms with Crippen LogP contribution in [0.15, 0.2) is 0 Å². The van der Waals surface area contributed by atoms with Crippen molar-refractivity contribution in [1.82, 2.24) is 0 Å². The molecule has 0 unspecified atom stereocenters. The van der Waals surface area contributed by atoms with Crippen LogP contribution < -0.4 is 0 Å². The van der Waals surface area contributed by atoms with Gasteiger partial charge >= 0.3 is 5.97 Å². The Morgan fingerprint density at radius 2 is 1.76 bits per heavy atom. The van der Waals surface area contributed by atoms with Gasteiger partial charge in [-0.2, -0.15) is 0 Å². The van der Waals surface area contributed by atoms with E-state index in [4.69, 9.17) is 14.2 Å². The van der Waals surface area contributed by atoms with Crippen molar-refractivity contribution in [2.75, 3.05) is 13.2 Å². The molecule has 1 aliphatic heterocycles. The summed E-state index contributed by atoms with van der Waals surface area (Å²) in [5, 5.41) is 0. The predicted octanol–water partition coefficient (Wildman–Crippen LogP) is 1.11. The molecule has 0 aromatic carbocycles. The van der Waals surface area contributed by atoms with Gasteiger partial charge in [-0.1, -0.05) is 0 Å². The Kier molecular flexibility index (Phi) is 3.97. The van der Waals surface area contributed by atoms with Gasteiger partial charge in [0, 0.05) is 5.92 Å². The second kappa shape index (κ2) is 5.18. The van der Waals surface area contributed by atoms with Gasteiger partial charge in [-0.25, -0.2) is 0 Å². The van der Waals surface area contributed by atoms with Crippen molar-refractivity contribution >= 4 is 17.5 Å². The molecule has 0 amide bonds. The summed E-state index contributed by atoms with van der Waals surface area (Å²) < 4.78 is 16.3. The summed E-state index contributed by atoms with van der Waals surface area (Å²) in [6.45, 7) is 8.37. The van der Waals surface area contributed by atoms with Crippen molar-refractivity contribution in [3.63, 3.8) is 0 Å². The van der Waals surface area contributed by atoms with Crippen LogP contribution >= 0.6 is 0 Å². The first-order chi connectivity index (χ1) is 9.68. The first kappa shape index (κ1) is 16.1. The van der Waals surface area contributed by atoms with Gasteiger partial charge < -0.3 is 14.2 Å². The molecule has 3 atom stereocenters. The standard InChI is InChI=1S/C15H22O6/c1-6-19-13(18)12-11(10-7-20-14(4,5)21-10)15(12,8(2)16)9(3)17/h10-12H,6-7H2,1-5H3/t10-,11-,12-/m0/s1. The highest BCUT2D eigenvalue weighted by Crippen LogP contribution is 2.63. The van der Waals surface area contributed by atoms with Crippen molar-refractivity contribution in [2.24, 2.45) is 17.3 Å². The molecule has 6 nitrogen and oxygen atoms in total. The van der Waals surface area contributed by atoms with Crippen LogP contribution in [0.25, 0.3) is 0 Å². The zero-order valence-electron chi connectivity index (χ0n) is 13.1. The van der Waals surface area contributed by atoms with Gasteiger partial charge in [0.15, 0.2) is 5.79 Å². The minimum absolute atomic E-state index is 0.210. The van der Waals surface area contributed by atoms with E-state index in [0.29, 0.717) is 0 Å². The molecular formula is C15H22O6. The largest absolute Gasteiger partial charge is 0.466 e. The van der Waals surface area contributed by atoms with Gasteiger partial charge in [0.25, 0.3) is 0 Å². The summed E-state index contributed by atoms with van der Waals surface area (Å²) in [5.74, 6) is -3.19. The zero-order valence-corrected chi connectivity index (χ0v) is 13.1. The third kappa shape index (κ3) is 2.40. The van der Waals surface area contributed by atoms with Gasteiger partial charge in [-0.05, 0) is 34.6 Å². The molecule has 0 aromatic heterocycles. The first-order valence-corrected chi connectivity index (χ1v) is 7.19. The van der Waals surface area contributed by atoms with E-state index in [1.807, 2.05) is 0 Å². The fraction of sp³-hybridized carbons (Fsp3) is 0.800. The van der Waals surface area contributed by atoms with Crippen LogP contribution in [0.3, 0.4) is 0 Å². The third-order valence-electron chi connectivity index (χ3n) is 4.40. The molecule has 1 aliphatic carbocycles. The van der Waals surface area contributed by atoms with E-state index >= 15 is 0 Å². The Hall–Kier alpha value is -1.27. The lowest BCUT2D eigenvalue weighted by Gasteiger charge is -2.18. The van der Waals surface area contributed by atoms with Crippen LogP contribution in [0.1, 0.15) is 34.6 Å². The van der Waals surface area contributed by atoms with Gasteiger partial charge in [0.1, 0.15) is 17.0 Å². The number of hydrogen-bond donors (Lipinski definition) is 0. The van der Waals surface area contributed by atoms with Crippen LogP contribution in [0, 0.1) is 17.3 Å². The van der Waals surface area contributed by atoms with Gasteiger partial charge in [0.2, 0.25) is 0 Å². The van der Waals surface area contributed by atoms with E-state index < -0.39 is 35.1 Å². The van der Waals surface area contributed by atoms with Gasteiger partial charge in [-0.3, -0.25) is 14.4 Å². The summed E-state index contributed by atoms with van der Waals surface area (Å²) in [7, 11) is 0. The normalized spacial score (nSPS) is 32.5. The van der Waals surface area contributed by atoms with E-state index in [1.54, 1.807) is 20.8 Å². The van der Waals surface area contributed by atoms with Crippen molar-refractivity contribution in [1.29, 1.82) is 0 Å². The lowest BCUT2D eigenvalue weighted by atomic mass is 9.91. The number of rotatable bonds is 5. The minimum Gasteiger partial charge on any atom is -0.466 e. The van der Waals surface area contributed by atoms with Gasteiger partial charge in [-0.15, -0.1) is 0 Å². The van der Waals surface area contributed by atoms with E-state index in [-0.39, 0.29) is 24.8 Å². The number of ketones is 2. The maximum Gasteiger partial charge on any atom is 0.310 e. The number of ether oxygens (including phenoxy) is 3. The van der Waals surface area contributed by atoms with Crippen molar-refractivity contribution in [2.45, 2.75) is 46.5 Å². The SMILES string of the molecule is CCOC(=O)[C@@H]1[C@H]([C@@H]2COC(C)(C)O2)C1(C(C)=O)C(C)=O. The fourth-order valence-corrected chi connectivity index (χ4v) is 3.53. The average molecular weight is 298 g/mol. The van der Waals surface area contributed by atoms with E-state index in [9.17, 15) is 14.4 Å². The molecular weight excluding hydrogens is 276 g/mol. The minimum atomic E-state index is -1.32. The predicted molar refractivity (Wildman–Crippen MR) is 72.3 cm³/mol. The molecule has 2 aliphatic rings. The van der Waals surface area contributed by atoms with Crippen LogP contribution in [-0.2, 0) is 28.6 Å². The second-order valence-corrected chi connectivity index (χ2v) is 6.10. The molecule has 2 fully saturated rings. The highest BCUT2D eigenvalue weighted by molar-refractivity contribution is 6.13. The third-order valence-corrected chi connectivity index (χ3v) is 4.40. The Morgan fingerprint density at radius 3 is 2.14 bits per heavy atom. The van der Waals surface area contributed by atoms with Crippen LogP contribution in [0.4, 0.5) is 0 Å². The fourth-order valence-electron chi connectivity index (χ4n) is 3.53. The quantitative estimate of drug-likeness (QED) is 0.559. The van der Waals surface area contributed by atoms with E-state index in [0.717, 1.165) is 0 Å². The zero-order chi connectivity index (χ0) is 16.0. The lowest BCUT2D eigenvalue weighted by Crippen LogP contribution is -2.30. The molecule has 1 saturated heterocycles. The molecule has 6 heteroatoms. The molecule has 0 spiro atoms.